The Morgan fingerprint density at radius 2 is 0.935 bits per heavy atom. The molecule has 2 heterocycles. The molecule has 2 aliphatic carbocycles. The minimum absolute atomic E-state index is 0.0837. The molecule has 0 saturated heterocycles. The van der Waals surface area contributed by atoms with Crippen molar-refractivity contribution in [3.05, 3.63) is 118 Å². The number of pyridine rings is 2. The zero-order chi connectivity index (χ0) is 56.6. The smallest absolute Gasteiger partial charge is 0.328 e. The number of amides is 4. The van der Waals surface area contributed by atoms with Crippen molar-refractivity contribution < 1.29 is 55.4 Å². The van der Waals surface area contributed by atoms with Crippen LogP contribution < -0.4 is 21.3 Å². The predicted octanol–water partition coefficient (Wildman–Crippen LogP) is 7.76. The van der Waals surface area contributed by atoms with E-state index in [0.717, 1.165) is 55.2 Å². The van der Waals surface area contributed by atoms with Gasteiger partial charge in [-0.05, 0) is 138 Å². The molecule has 20 heteroatoms. The number of carboxylic acid groups (broad SMARTS) is 1. The van der Waals surface area contributed by atoms with Gasteiger partial charge in [0, 0.05) is 71.5 Å². The number of sulfone groups is 2. The van der Waals surface area contributed by atoms with Crippen LogP contribution in [0.1, 0.15) is 144 Å². The molecular formula is C57H76N6O12S2. The summed E-state index contributed by atoms with van der Waals surface area (Å²) in [6.45, 7) is 7.27. The normalized spacial score (nSPS) is 15.5. The topological polar surface area (TPSA) is 274 Å². The summed E-state index contributed by atoms with van der Waals surface area (Å²) >= 11 is 0. The van der Waals surface area contributed by atoms with E-state index < -0.39 is 54.5 Å². The van der Waals surface area contributed by atoms with Crippen LogP contribution in [0.5, 0.6) is 0 Å². The fourth-order valence-corrected chi connectivity index (χ4v) is 11.9. The summed E-state index contributed by atoms with van der Waals surface area (Å²) in [5, 5.41) is 21.2. The van der Waals surface area contributed by atoms with E-state index in [1.807, 2.05) is 13.8 Å². The third kappa shape index (κ3) is 18.3. The molecule has 18 nitrogen and oxygen atoms in total. The largest absolute Gasteiger partial charge is 0.480 e. The average Bonchev–Trinajstić information content (AvgIpc) is 4.07. The van der Waals surface area contributed by atoms with Gasteiger partial charge in [0.25, 0.3) is 11.8 Å². The van der Waals surface area contributed by atoms with Crippen LogP contribution >= 0.6 is 0 Å². The number of anilines is 2. The monoisotopic (exact) mass is 1100 g/mol. The fraction of sp³-hybridized carbons (Fsp3) is 0.509. The maximum absolute atomic E-state index is 13.5. The first-order valence-corrected chi connectivity index (χ1v) is 30.4. The van der Waals surface area contributed by atoms with Gasteiger partial charge in [0.1, 0.15) is 31.8 Å². The molecule has 2 aromatic carbocycles. The summed E-state index contributed by atoms with van der Waals surface area (Å²) in [6, 6.07) is 15.6. The SMILES string of the molecule is COC(=O)C(Cc1ccc(NC(=O)c2c(C)ccnc2C)cc1)NC(=O)C1(CCCCS(C)(=O)=O)CCCC1.Cc1ccnc(C)c1C(=O)Nc1ccc(CC(NC(=O)C2(CCCCS(C)(=O)=O)CCCC2)C(=O)O)cc1. The Morgan fingerprint density at radius 1 is 0.571 bits per heavy atom. The molecule has 2 fully saturated rings. The van der Waals surface area contributed by atoms with Gasteiger partial charge in [-0.3, -0.25) is 29.1 Å². The third-order valence-electron chi connectivity index (χ3n) is 14.8. The Balaban J connectivity index is 0.000000284. The number of carbonyl (C=O) groups is 6. The van der Waals surface area contributed by atoms with Gasteiger partial charge in [-0.25, -0.2) is 26.4 Å². The molecule has 2 saturated carbocycles. The van der Waals surface area contributed by atoms with Crippen LogP contribution in [-0.2, 0) is 56.4 Å². The number of nitrogens with one attached hydrogen (secondary N) is 4. The standard InChI is InChI=1S/C29H39N3O6S.C28H37N3O6S/c1-20-13-17-30-21(2)25(20)26(33)31-23-11-9-22(10-12-23)19-24(27(34)38-3)32-28(35)29(14-5-6-15-29)16-7-8-18-39(4,36)37;1-19-12-16-29-20(2)24(19)25(32)30-22-10-8-21(9-11-22)18-23(26(33)34)31-27(35)28(13-4-5-14-28)15-6-7-17-38(3,36)37/h9-13,17,24H,5-8,14-16,18-19H2,1-4H3,(H,31,33)(H,32,35);8-12,16,23H,4-7,13-15,17-18H2,1-3H3,(H,30,32)(H,31,35)(H,33,34). The van der Waals surface area contributed by atoms with Gasteiger partial charge in [-0.2, -0.15) is 0 Å². The lowest BCUT2D eigenvalue weighted by atomic mass is 9.80. The van der Waals surface area contributed by atoms with Crippen molar-refractivity contribution in [3.8, 4) is 0 Å². The summed E-state index contributed by atoms with van der Waals surface area (Å²) < 4.78 is 50.8. The number of hydrogen-bond donors (Lipinski definition) is 5. The van der Waals surface area contributed by atoms with E-state index in [9.17, 15) is 50.7 Å². The molecular weight excluding hydrogens is 1020 g/mol. The first kappa shape index (κ1) is 61.3. The molecule has 2 unspecified atom stereocenters. The zero-order valence-corrected chi connectivity index (χ0v) is 47.1. The highest BCUT2D eigenvalue weighted by Crippen LogP contribution is 2.44. The van der Waals surface area contributed by atoms with E-state index in [4.69, 9.17) is 4.74 Å². The maximum atomic E-state index is 13.5. The van der Waals surface area contributed by atoms with Crippen molar-refractivity contribution in [3.63, 3.8) is 0 Å². The summed E-state index contributed by atoms with van der Waals surface area (Å²) in [6.07, 6.45) is 15.9. The number of rotatable bonds is 24. The molecule has 0 bridgehead atoms. The number of ether oxygens (including phenoxy) is 1. The lowest BCUT2D eigenvalue weighted by Crippen LogP contribution is -2.49. The second kappa shape index (κ2) is 27.7. The molecule has 2 aliphatic rings. The van der Waals surface area contributed by atoms with Crippen LogP contribution in [0.25, 0.3) is 0 Å². The van der Waals surface area contributed by atoms with Gasteiger partial charge < -0.3 is 31.1 Å². The van der Waals surface area contributed by atoms with Gasteiger partial charge in [0.05, 0.1) is 29.6 Å². The van der Waals surface area contributed by atoms with Gasteiger partial charge >= 0.3 is 11.9 Å². The first-order chi connectivity index (χ1) is 36.3. The van der Waals surface area contributed by atoms with E-state index in [1.165, 1.54) is 19.6 Å². The first-order valence-electron chi connectivity index (χ1n) is 26.3. The highest BCUT2D eigenvalue weighted by Gasteiger charge is 2.43. The van der Waals surface area contributed by atoms with Crippen LogP contribution in [-0.4, -0.2) is 111 Å². The minimum atomic E-state index is -3.06. The maximum Gasteiger partial charge on any atom is 0.328 e. The Bertz CT molecular complexity index is 2910. The molecule has 4 amide bonds. The number of esters is 1. The molecule has 4 aromatic rings. The number of methoxy groups -OCH3 is 1. The van der Waals surface area contributed by atoms with Crippen LogP contribution in [0.15, 0.2) is 73.1 Å². The van der Waals surface area contributed by atoms with Crippen LogP contribution in [0.3, 0.4) is 0 Å². The van der Waals surface area contributed by atoms with Crippen LogP contribution in [0.4, 0.5) is 11.4 Å². The fourth-order valence-electron chi connectivity index (χ4n) is 10.5. The van der Waals surface area contributed by atoms with Gasteiger partial charge in [-0.1, -0.05) is 62.8 Å². The quantitative estimate of drug-likeness (QED) is 0.0331. The van der Waals surface area contributed by atoms with Crippen molar-refractivity contribution in [1.82, 2.24) is 20.6 Å². The van der Waals surface area contributed by atoms with Gasteiger partial charge in [0.15, 0.2) is 0 Å². The van der Waals surface area contributed by atoms with Crippen molar-refractivity contribution >= 4 is 66.6 Å². The molecule has 5 N–H and O–H groups in total. The summed E-state index contributed by atoms with van der Waals surface area (Å²) in [5.41, 5.74) is 5.42. The predicted molar refractivity (Wildman–Crippen MR) is 296 cm³/mol. The van der Waals surface area contributed by atoms with E-state index in [-0.39, 0.29) is 48.0 Å². The van der Waals surface area contributed by atoms with Crippen LogP contribution in [0.2, 0.25) is 0 Å². The number of aliphatic carboxylic acids is 1. The summed E-state index contributed by atoms with van der Waals surface area (Å²) in [4.78, 5) is 85.2. The summed E-state index contributed by atoms with van der Waals surface area (Å²) in [7, 11) is -4.81. The van der Waals surface area contributed by atoms with Crippen molar-refractivity contribution in [2.75, 3.05) is 41.8 Å². The molecule has 77 heavy (non-hydrogen) atoms. The summed E-state index contributed by atoms with van der Waals surface area (Å²) in [5.74, 6) is -2.43. The lowest BCUT2D eigenvalue weighted by Gasteiger charge is -2.30. The van der Waals surface area contributed by atoms with Crippen molar-refractivity contribution in [2.45, 2.75) is 143 Å². The number of hydrogen-bond acceptors (Lipinski definition) is 13. The highest BCUT2D eigenvalue weighted by atomic mass is 32.2. The number of carboxylic acids is 1. The Labute approximate surface area is 453 Å². The van der Waals surface area contributed by atoms with E-state index in [1.54, 1.807) is 86.9 Å². The second-order valence-electron chi connectivity index (χ2n) is 20.9. The average molecular weight is 1100 g/mol. The van der Waals surface area contributed by atoms with Crippen molar-refractivity contribution in [1.29, 1.82) is 0 Å². The minimum Gasteiger partial charge on any atom is -0.480 e. The van der Waals surface area contributed by atoms with E-state index in [0.29, 0.717) is 90.8 Å². The number of benzene rings is 2. The van der Waals surface area contributed by atoms with E-state index in [2.05, 4.69) is 31.2 Å². The van der Waals surface area contributed by atoms with Gasteiger partial charge in [0.2, 0.25) is 11.8 Å². The molecule has 0 radical (unpaired) electrons. The molecule has 2 atom stereocenters. The molecule has 418 valence electrons. The number of nitrogens with zero attached hydrogens (tertiary/aromatic N) is 2. The van der Waals surface area contributed by atoms with Crippen LogP contribution in [0, 0.1) is 38.5 Å². The molecule has 6 rings (SSSR count). The zero-order valence-electron chi connectivity index (χ0n) is 45.5. The Kier molecular flexibility index (Phi) is 22.0. The number of aromatic nitrogens is 2. The highest BCUT2D eigenvalue weighted by molar-refractivity contribution is 7.90. The number of unbranched alkanes of at least 4 members (excludes halogenated alkanes) is 2. The van der Waals surface area contributed by atoms with Crippen molar-refractivity contribution in [2.24, 2.45) is 10.8 Å². The lowest BCUT2D eigenvalue weighted by molar-refractivity contribution is -0.146. The molecule has 2 aromatic heterocycles. The Morgan fingerprint density at radius 3 is 1.27 bits per heavy atom. The Hall–Kier alpha value is -6.54. The second-order valence-corrected chi connectivity index (χ2v) is 25.5. The third-order valence-corrected chi connectivity index (χ3v) is 16.8. The number of carbonyl (C=O) groups excluding carboxylic acids is 5. The van der Waals surface area contributed by atoms with E-state index >= 15 is 0 Å². The number of aryl methyl sites for hydroxylation is 4. The van der Waals surface area contributed by atoms with Gasteiger partial charge in [-0.15, -0.1) is 0 Å². The molecule has 0 spiro atoms. The molecule has 0 aliphatic heterocycles.